The topological polar surface area (TPSA) is 93.4 Å². The Hall–Kier alpha value is -1.12. The molecule has 0 aliphatic carbocycles. The third-order valence-electron chi connectivity index (χ3n) is 4.06. The van der Waals surface area contributed by atoms with E-state index in [0.717, 1.165) is 32.0 Å². The van der Waals surface area contributed by atoms with Crippen LogP contribution in [0.25, 0.3) is 0 Å². The van der Waals surface area contributed by atoms with Crippen LogP contribution in [0.5, 0.6) is 0 Å². The summed E-state index contributed by atoms with van der Waals surface area (Å²) in [7, 11) is -1.39. The predicted molar refractivity (Wildman–Crippen MR) is 91.9 cm³/mol. The fourth-order valence-electron chi connectivity index (χ4n) is 1.68. The van der Waals surface area contributed by atoms with E-state index in [1.54, 1.807) is 39.8 Å². The Bertz CT molecular complexity index is 447. The van der Waals surface area contributed by atoms with Crippen molar-refractivity contribution in [3.63, 3.8) is 0 Å². The number of ether oxygens (including phenoxy) is 1. The Kier molecular flexibility index (Phi) is 7.04. The van der Waals surface area contributed by atoms with Crippen molar-refractivity contribution in [3.05, 3.63) is 24.3 Å². The van der Waals surface area contributed by atoms with Gasteiger partial charge in [-0.15, -0.1) is 0 Å². The highest BCUT2D eigenvalue weighted by Gasteiger charge is 2.31. The zero-order valence-corrected chi connectivity index (χ0v) is 14.4. The van der Waals surface area contributed by atoms with E-state index >= 15 is 0 Å². The van der Waals surface area contributed by atoms with E-state index in [1.165, 1.54) is 0 Å². The second-order valence-electron chi connectivity index (χ2n) is 6.68. The van der Waals surface area contributed by atoms with Crippen molar-refractivity contribution in [3.8, 4) is 0 Å². The summed E-state index contributed by atoms with van der Waals surface area (Å²) in [5.41, 5.74) is -0.394. The fraction of sp³-hybridized carbons (Fsp3) is 0.625. The monoisotopic (exact) mass is 325 g/mol. The Labute approximate surface area is 138 Å². The Balaban J connectivity index is 0.000000284. The van der Waals surface area contributed by atoms with E-state index in [9.17, 15) is 0 Å². The molecule has 0 saturated carbocycles. The maximum atomic E-state index is 9.10. The number of rotatable bonds is 3. The van der Waals surface area contributed by atoms with Crippen LogP contribution in [0.3, 0.4) is 0 Å². The lowest BCUT2D eigenvalue weighted by atomic mass is 9.80. The largest absolute Gasteiger partial charge is 0.488 e. The first kappa shape index (κ1) is 19.9. The van der Waals surface area contributed by atoms with E-state index in [1.807, 2.05) is 12.1 Å². The standard InChI is InChI=1S/C10H14BNO3.C6H14O2/c13-11(14)9-1-3-10(4-2-9)12-5-7-15-8-6-12;1-5(2,7)6(3,4)8/h1-4,13-14H,5-8H2;7-8H,1-4H3. The predicted octanol–water partition coefficient (Wildman–Crippen LogP) is -0.269. The van der Waals surface area contributed by atoms with Crippen LogP contribution in [0, 0.1) is 0 Å². The first-order valence-electron chi connectivity index (χ1n) is 7.76. The molecule has 1 aromatic carbocycles. The first-order valence-corrected chi connectivity index (χ1v) is 7.76. The van der Waals surface area contributed by atoms with Gasteiger partial charge in [0.2, 0.25) is 0 Å². The highest BCUT2D eigenvalue weighted by Crippen LogP contribution is 2.19. The number of benzene rings is 1. The van der Waals surface area contributed by atoms with Gasteiger partial charge in [0.05, 0.1) is 24.4 Å². The molecular weight excluding hydrogens is 297 g/mol. The summed E-state index contributed by atoms with van der Waals surface area (Å²) in [4.78, 5) is 2.22. The molecule has 2 rings (SSSR count). The van der Waals surface area contributed by atoms with Crippen molar-refractivity contribution in [1.29, 1.82) is 0 Å². The van der Waals surface area contributed by atoms with Crippen LogP contribution in [-0.4, -0.2) is 64.9 Å². The number of anilines is 1. The van der Waals surface area contributed by atoms with Crippen LogP contribution in [0.4, 0.5) is 5.69 Å². The molecule has 0 amide bonds. The summed E-state index contributed by atoms with van der Waals surface area (Å²) >= 11 is 0. The molecule has 1 aromatic rings. The molecule has 1 aliphatic rings. The molecule has 6 nitrogen and oxygen atoms in total. The molecule has 1 fully saturated rings. The van der Waals surface area contributed by atoms with Crippen molar-refractivity contribution < 1.29 is 25.0 Å². The number of nitrogens with zero attached hydrogens (tertiary/aromatic N) is 1. The molecular formula is C16H28BNO5. The molecule has 1 saturated heterocycles. The van der Waals surface area contributed by atoms with E-state index in [-0.39, 0.29) is 0 Å². The fourth-order valence-corrected chi connectivity index (χ4v) is 1.68. The van der Waals surface area contributed by atoms with Crippen molar-refractivity contribution in [2.45, 2.75) is 38.9 Å². The summed E-state index contributed by atoms with van der Waals surface area (Å²) in [6, 6.07) is 7.27. The summed E-state index contributed by atoms with van der Waals surface area (Å²) in [5.74, 6) is 0. The lowest BCUT2D eigenvalue weighted by molar-refractivity contribution is -0.107. The van der Waals surface area contributed by atoms with Gasteiger partial charge in [-0.1, -0.05) is 12.1 Å². The molecule has 1 aliphatic heterocycles. The lowest BCUT2D eigenvalue weighted by Gasteiger charge is -2.31. The zero-order valence-electron chi connectivity index (χ0n) is 14.4. The minimum atomic E-state index is -1.39. The highest BCUT2D eigenvalue weighted by molar-refractivity contribution is 6.58. The summed E-state index contributed by atoms with van der Waals surface area (Å²) < 4.78 is 5.26. The zero-order chi connectivity index (χ0) is 17.7. The summed E-state index contributed by atoms with van der Waals surface area (Å²) in [5, 5.41) is 36.1. The smallest absolute Gasteiger partial charge is 0.423 e. The van der Waals surface area contributed by atoms with E-state index < -0.39 is 18.3 Å². The second kappa shape index (κ2) is 8.12. The van der Waals surface area contributed by atoms with Gasteiger partial charge in [0.25, 0.3) is 0 Å². The van der Waals surface area contributed by atoms with Gasteiger partial charge in [-0.05, 0) is 45.3 Å². The van der Waals surface area contributed by atoms with Gasteiger partial charge in [-0.3, -0.25) is 0 Å². The first-order chi connectivity index (χ1) is 10.5. The maximum Gasteiger partial charge on any atom is 0.488 e. The van der Waals surface area contributed by atoms with Crippen LogP contribution in [0.2, 0.25) is 0 Å². The molecule has 0 radical (unpaired) electrons. The summed E-state index contributed by atoms with van der Waals surface area (Å²) in [6.07, 6.45) is 0. The molecule has 0 spiro atoms. The maximum absolute atomic E-state index is 9.10. The van der Waals surface area contributed by atoms with Gasteiger partial charge in [-0.25, -0.2) is 0 Å². The van der Waals surface area contributed by atoms with Gasteiger partial charge in [0.15, 0.2) is 0 Å². The SMILES string of the molecule is CC(C)(O)C(C)(C)O.OB(O)c1ccc(N2CCOCC2)cc1. The second-order valence-corrected chi connectivity index (χ2v) is 6.68. The van der Waals surface area contributed by atoms with Gasteiger partial charge in [0.1, 0.15) is 0 Å². The molecule has 4 N–H and O–H groups in total. The third kappa shape index (κ3) is 6.49. The number of hydrogen-bond donors (Lipinski definition) is 4. The van der Waals surface area contributed by atoms with Crippen LogP contribution in [0.1, 0.15) is 27.7 Å². The molecule has 7 heteroatoms. The minimum absolute atomic E-state index is 0.520. The minimum Gasteiger partial charge on any atom is -0.423 e. The van der Waals surface area contributed by atoms with Gasteiger partial charge in [-0.2, -0.15) is 0 Å². The molecule has 0 unspecified atom stereocenters. The normalized spacial score (nSPS) is 15.7. The molecule has 23 heavy (non-hydrogen) atoms. The molecule has 1 heterocycles. The number of aliphatic hydroxyl groups is 2. The number of morpholine rings is 1. The van der Waals surface area contributed by atoms with E-state index in [0.29, 0.717) is 5.46 Å². The van der Waals surface area contributed by atoms with Crippen LogP contribution >= 0.6 is 0 Å². The van der Waals surface area contributed by atoms with Gasteiger partial charge < -0.3 is 29.9 Å². The summed E-state index contributed by atoms with van der Waals surface area (Å²) in [6.45, 7) is 9.59. The lowest BCUT2D eigenvalue weighted by Crippen LogP contribution is -2.44. The van der Waals surface area contributed by atoms with Crippen molar-refractivity contribution >= 4 is 18.3 Å². The van der Waals surface area contributed by atoms with Crippen LogP contribution < -0.4 is 10.4 Å². The van der Waals surface area contributed by atoms with Crippen molar-refractivity contribution in [2.24, 2.45) is 0 Å². The van der Waals surface area contributed by atoms with Crippen LogP contribution in [-0.2, 0) is 4.74 Å². The third-order valence-corrected chi connectivity index (χ3v) is 4.06. The number of hydrogen-bond acceptors (Lipinski definition) is 6. The molecule has 0 bridgehead atoms. The van der Waals surface area contributed by atoms with E-state index in [4.69, 9.17) is 25.0 Å². The Morgan fingerprint density at radius 1 is 0.913 bits per heavy atom. The Morgan fingerprint density at radius 2 is 1.35 bits per heavy atom. The van der Waals surface area contributed by atoms with Crippen molar-refractivity contribution in [2.75, 3.05) is 31.2 Å². The van der Waals surface area contributed by atoms with Crippen molar-refractivity contribution in [1.82, 2.24) is 0 Å². The van der Waals surface area contributed by atoms with E-state index in [2.05, 4.69) is 4.90 Å². The average Bonchev–Trinajstić information content (AvgIpc) is 2.47. The van der Waals surface area contributed by atoms with Crippen LogP contribution in [0.15, 0.2) is 24.3 Å². The van der Waals surface area contributed by atoms with Gasteiger partial charge >= 0.3 is 7.12 Å². The quantitative estimate of drug-likeness (QED) is 0.572. The molecule has 0 atom stereocenters. The highest BCUT2D eigenvalue weighted by atomic mass is 16.5. The molecule has 130 valence electrons. The average molecular weight is 325 g/mol. The van der Waals surface area contributed by atoms with Gasteiger partial charge in [0, 0.05) is 18.8 Å². The molecule has 0 aromatic heterocycles. The Morgan fingerprint density at radius 3 is 1.70 bits per heavy atom.